The Hall–Kier alpha value is -1.43. The van der Waals surface area contributed by atoms with Crippen LogP contribution < -0.4 is 0 Å². The number of hydrogen-bond acceptors (Lipinski definition) is 4. The molecule has 3 rings (SSSR count). The topological polar surface area (TPSA) is 53.0 Å². The molecule has 2 aliphatic rings. The minimum atomic E-state index is -1.05. The molecule has 0 aromatic heterocycles. The summed E-state index contributed by atoms with van der Waals surface area (Å²) in [5.74, 6) is -0.158. The van der Waals surface area contributed by atoms with Crippen molar-refractivity contribution in [1.29, 1.82) is 0 Å². The van der Waals surface area contributed by atoms with Gasteiger partial charge in [0.1, 0.15) is 0 Å². The second-order valence-electron chi connectivity index (χ2n) is 6.41. The highest BCUT2D eigenvalue weighted by Crippen LogP contribution is 2.23. The minimum Gasteiger partial charge on any atom is -0.379 e. The summed E-state index contributed by atoms with van der Waals surface area (Å²) in [6.07, 6.45) is 2.14. The van der Waals surface area contributed by atoms with E-state index in [1.165, 1.54) is 0 Å². The van der Waals surface area contributed by atoms with Gasteiger partial charge >= 0.3 is 0 Å². The summed E-state index contributed by atoms with van der Waals surface area (Å²) in [5.41, 5.74) is 0.674. The average molecular weight is 318 g/mol. The van der Waals surface area contributed by atoms with Crippen molar-refractivity contribution >= 4 is 5.91 Å². The summed E-state index contributed by atoms with van der Waals surface area (Å²) in [4.78, 5) is 17.1. The number of ether oxygens (including phenoxy) is 1. The lowest BCUT2D eigenvalue weighted by atomic mass is 9.99. The van der Waals surface area contributed by atoms with Crippen LogP contribution in [-0.4, -0.2) is 66.2 Å². The van der Waals surface area contributed by atoms with Crippen molar-refractivity contribution in [3.05, 3.63) is 35.9 Å². The maximum atomic E-state index is 12.8. The molecule has 5 nitrogen and oxygen atoms in total. The lowest BCUT2D eigenvalue weighted by Gasteiger charge is -2.40. The molecule has 0 saturated carbocycles. The normalized spacial score (nSPS) is 24.4. The molecule has 1 amide bonds. The van der Waals surface area contributed by atoms with Crippen LogP contribution in [0.15, 0.2) is 30.3 Å². The number of piperidine rings is 1. The molecule has 1 aromatic carbocycles. The fourth-order valence-corrected chi connectivity index (χ4v) is 3.50. The molecule has 2 saturated heterocycles. The zero-order valence-corrected chi connectivity index (χ0v) is 13.6. The zero-order valence-electron chi connectivity index (χ0n) is 13.6. The van der Waals surface area contributed by atoms with Crippen LogP contribution in [0.3, 0.4) is 0 Å². The number of carbonyl (C=O) groups excluding carboxylic acids is 1. The van der Waals surface area contributed by atoms with Gasteiger partial charge in [-0.2, -0.15) is 0 Å². The van der Waals surface area contributed by atoms with E-state index in [9.17, 15) is 9.90 Å². The van der Waals surface area contributed by atoms with Gasteiger partial charge in [-0.1, -0.05) is 30.3 Å². The molecule has 1 N–H and O–H groups in total. The summed E-state index contributed by atoms with van der Waals surface area (Å²) >= 11 is 0. The van der Waals surface area contributed by atoms with Crippen molar-refractivity contribution in [2.75, 3.05) is 39.4 Å². The molecule has 5 heteroatoms. The maximum absolute atomic E-state index is 12.8. The number of nitrogens with zero attached hydrogens (tertiary/aromatic N) is 2. The van der Waals surface area contributed by atoms with E-state index in [2.05, 4.69) is 4.90 Å². The predicted octanol–water partition coefficient (Wildman–Crippen LogP) is 1.43. The Morgan fingerprint density at radius 3 is 2.65 bits per heavy atom. The van der Waals surface area contributed by atoms with Crippen molar-refractivity contribution < 1.29 is 14.6 Å². The first-order valence-electron chi connectivity index (χ1n) is 8.59. The van der Waals surface area contributed by atoms with Gasteiger partial charge in [-0.05, 0) is 24.8 Å². The molecule has 2 fully saturated rings. The fourth-order valence-electron chi connectivity index (χ4n) is 3.50. The Balaban J connectivity index is 1.66. The lowest BCUT2D eigenvalue weighted by molar-refractivity contribution is -0.145. The van der Waals surface area contributed by atoms with Gasteiger partial charge in [0.2, 0.25) is 0 Å². The zero-order chi connectivity index (χ0) is 16.1. The molecule has 0 radical (unpaired) electrons. The van der Waals surface area contributed by atoms with Crippen LogP contribution in [-0.2, 0) is 9.53 Å². The second-order valence-corrected chi connectivity index (χ2v) is 6.41. The van der Waals surface area contributed by atoms with Gasteiger partial charge in [-0.15, -0.1) is 0 Å². The quantitative estimate of drug-likeness (QED) is 0.912. The molecular weight excluding hydrogens is 292 g/mol. The standard InChI is InChI=1S/C18H26N2O3/c21-17(15-6-2-1-3-7-15)18(22)20-9-5-4-8-16(20)14-19-10-12-23-13-11-19/h1-3,6-7,16-17,21H,4-5,8-14H2. The van der Waals surface area contributed by atoms with E-state index in [1.54, 1.807) is 0 Å². The van der Waals surface area contributed by atoms with Crippen LogP contribution in [0, 0.1) is 0 Å². The van der Waals surface area contributed by atoms with Gasteiger partial charge in [-0.25, -0.2) is 0 Å². The number of morpholine rings is 1. The van der Waals surface area contributed by atoms with E-state index in [1.807, 2.05) is 35.2 Å². The van der Waals surface area contributed by atoms with Crippen LogP contribution in [0.4, 0.5) is 0 Å². The third kappa shape index (κ3) is 4.10. The molecule has 0 aliphatic carbocycles. The van der Waals surface area contributed by atoms with Crippen molar-refractivity contribution in [3.8, 4) is 0 Å². The van der Waals surface area contributed by atoms with Crippen molar-refractivity contribution in [2.24, 2.45) is 0 Å². The Kier molecular flexibility index (Phi) is 5.65. The van der Waals surface area contributed by atoms with E-state index in [-0.39, 0.29) is 11.9 Å². The van der Waals surface area contributed by atoms with Gasteiger partial charge < -0.3 is 14.7 Å². The van der Waals surface area contributed by atoms with Gasteiger partial charge in [0.25, 0.3) is 5.91 Å². The average Bonchev–Trinajstić information content (AvgIpc) is 2.62. The minimum absolute atomic E-state index is 0.158. The van der Waals surface area contributed by atoms with Crippen LogP contribution in [0.5, 0.6) is 0 Å². The van der Waals surface area contributed by atoms with Crippen molar-refractivity contribution in [3.63, 3.8) is 0 Å². The lowest BCUT2D eigenvalue weighted by Crippen LogP contribution is -2.52. The van der Waals surface area contributed by atoms with Gasteiger partial charge in [0, 0.05) is 32.2 Å². The van der Waals surface area contributed by atoms with Crippen LogP contribution >= 0.6 is 0 Å². The number of aliphatic hydroxyl groups is 1. The largest absolute Gasteiger partial charge is 0.379 e. The maximum Gasteiger partial charge on any atom is 0.256 e. The van der Waals surface area contributed by atoms with Crippen LogP contribution in [0.2, 0.25) is 0 Å². The predicted molar refractivity (Wildman–Crippen MR) is 88.0 cm³/mol. The van der Waals surface area contributed by atoms with Crippen LogP contribution in [0.25, 0.3) is 0 Å². The number of rotatable bonds is 4. The smallest absolute Gasteiger partial charge is 0.256 e. The third-order valence-corrected chi connectivity index (χ3v) is 4.83. The van der Waals surface area contributed by atoms with Gasteiger partial charge in [0.15, 0.2) is 6.10 Å². The molecule has 2 heterocycles. The third-order valence-electron chi connectivity index (χ3n) is 4.83. The number of hydrogen-bond donors (Lipinski definition) is 1. The number of aliphatic hydroxyl groups excluding tert-OH is 1. The Labute approximate surface area is 137 Å². The molecule has 2 aliphatic heterocycles. The first kappa shape index (κ1) is 16.4. The molecule has 2 unspecified atom stereocenters. The molecule has 1 aromatic rings. The number of amides is 1. The molecule has 23 heavy (non-hydrogen) atoms. The molecule has 0 spiro atoms. The van der Waals surface area contributed by atoms with E-state index in [0.717, 1.165) is 58.7 Å². The number of benzene rings is 1. The molecular formula is C18H26N2O3. The van der Waals surface area contributed by atoms with E-state index >= 15 is 0 Å². The summed E-state index contributed by atoms with van der Waals surface area (Å²) in [7, 11) is 0. The summed E-state index contributed by atoms with van der Waals surface area (Å²) in [6, 6.07) is 9.42. The molecule has 2 atom stereocenters. The highest BCUT2D eigenvalue weighted by molar-refractivity contribution is 5.82. The van der Waals surface area contributed by atoms with Crippen molar-refractivity contribution in [2.45, 2.75) is 31.4 Å². The van der Waals surface area contributed by atoms with Crippen LogP contribution in [0.1, 0.15) is 30.9 Å². The number of carbonyl (C=O) groups is 1. The Morgan fingerprint density at radius 2 is 1.91 bits per heavy atom. The summed E-state index contributed by atoms with van der Waals surface area (Å²) in [6.45, 7) is 5.04. The van der Waals surface area contributed by atoms with Gasteiger partial charge in [-0.3, -0.25) is 9.69 Å². The van der Waals surface area contributed by atoms with Gasteiger partial charge in [0.05, 0.1) is 13.2 Å². The van der Waals surface area contributed by atoms with E-state index in [4.69, 9.17) is 4.74 Å². The Morgan fingerprint density at radius 1 is 1.17 bits per heavy atom. The highest BCUT2D eigenvalue weighted by Gasteiger charge is 2.32. The molecule has 0 bridgehead atoms. The summed E-state index contributed by atoms with van der Waals surface area (Å²) < 4.78 is 5.40. The van der Waals surface area contributed by atoms with E-state index in [0.29, 0.717) is 5.56 Å². The Bertz CT molecular complexity index is 502. The number of likely N-dealkylation sites (tertiary alicyclic amines) is 1. The van der Waals surface area contributed by atoms with E-state index < -0.39 is 6.10 Å². The molecule has 126 valence electrons. The monoisotopic (exact) mass is 318 g/mol. The first-order valence-corrected chi connectivity index (χ1v) is 8.59. The summed E-state index contributed by atoms with van der Waals surface area (Å²) in [5, 5.41) is 10.4. The van der Waals surface area contributed by atoms with Crippen molar-refractivity contribution in [1.82, 2.24) is 9.80 Å². The second kappa shape index (κ2) is 7.90. The SMILES string of the molecule is O=C(C(O)c1ccccc1)N1CCCCC1CN1CCOCC1. The fraction of sp³-hybridized carbons (Fsp3) is 0.611. The highest BCUT2D eigenvalue weighted by atomic mass is 16.5. The first-order chi connectivity index (χ1) is 11.3.